The maximum atomic E-state index is 13.3. The molecule has 0 unspecified atom stereocenters. The molecule has 1 aliphatic heterocycles. The largest absolute Gasteiger partial charge is 0.396 e. The molecule has 2 aromatic carbocycles. The summed E-state index contributed by atoms with van der Waals surface area (Å²) in [5, 5.41) is 3.83. The molecule has 5 rings (SSSR count). The Morgan fingerprint density at radius 2 is 1.68 bits per heavy atom. The number of rotatable bonds is 6. The van der Waals surface area contributed by atoms with Crippen molar-refractivity contribution in [2.24, 2.45) is 0 Å². The number of carbonyl (C=O) groups is 1. The second kappa shape index (κ2) is 9.60. The van der Waals surface area contributed by atoms with E-state index in [2.05, 4.69) is 14.9 Å². The fourth-order valence-electron chi connectivity index (χ4n) is 4.75. The van der Waals surface area contributed by atoms with Crippen molar-refractivity contribution in [2.45, 2.75) is 52.0 Å². The summed E-state index contributed by atoms with van der Waals surface area (Å²) < 4.78 is 34.2. The molecule has 0 fully saturated rings. The van der Waals surface area contributed by atoms with Crippen LogP contribution in [0.5, 0.6) is 0 Å². The Bertz CT molecular complexity index is 1660. The number of amides is 1. The fraction of sp³-hybridized carbons (Fsp3) is 0.250. The number of aryl methyl sites for hydroxylation is 3. The lowest BCUT2D eigenvalue weighted by Gasteiger charge is -2.32. The highest BCUT2D eigenvalue weighted by molar-refractivity contribution is 7.92. The van der Waals surface area contributed by atoms with Crippen LogP contribution in [0.15, 0.2) is 57.9 Å². The molecular formula is C28H29N5O4S. The molecule has 0 bridgehead atoms. The Hall–Kier alpha value is -4.18. The zero-order valence-corrected chi connectivity index (χ0v) is 22.5. The molecule has 0 spiro atoms. The summed E-state index contributed by atoms with van der Waals surface area (Å²) in [7, 11) is -3.94. The number of nitrogen functional groups attached to an aromatic ring is 1. The van der Waals surface area contributed by atoms with Crippen molar-refractivity contribution in [3.8, 4) is 11.1 Å². The summed E-state index contributed by atoms with van der Waals surface area (Å²) >= 11 is 0. The van der Waals surface area contributed by atoms with Crippen LogP contribution in [0.1, 0.15) is 40.2 Å². The van der Waals surface area contributed by atoms with Crippen molar-refractivity contribution in [1.82, 2.24) is 10.1 Å². The Morgan fingerprint density at radius 1 is 0.974 bits per heavy atom. The third kappa shape index (κ3) is 4.51. The van der Waals surface area contributed by atoms with E-state index >= 15 is 0 Å². The van der Waals surface area contributed by atoms with E-state index < -0.39 is 10.0 Å². The Kier molecular flexibility index (Phi) is 6.44. The number of hydrogen-bond acceptors (Lipinski definition) is 7. The highest BCUT2D eigenvalue weighted by Crippen LogP contribution is 2.37. The molecule has 1 aliphatic rings. The average molecular weight is 532 g/mol. The van der Waals surface area contributed by atoms with Gasteiger partial charge in [-0.25, -0.2) is 13.1 Å². The van der Waals surface area contributed by atoms with Gasteiger partial charge in [0.25, 0.3) is 10.0 Å². The number of hydrogen-bond donors (Lipinski definition) is 2. The Labute approximate surface area is 221 Å². The lowest BCUT2D eigenvalue weighted by molar-refractivity contribution is -0.119. The predicted molar refractivity (Wildman–Crippen MR) is 146 cm³/mol. The third-order valence-electron chi connectivity index (χ3n) is 7.03. The van der Waals surface area contributed by atoms with Crippen LogP contribution in [0.4, 0.5) is 17.3 Å². The summed E-state index contributed by atoms with van der Waals surface area (Å²) in [6, 6.07) is 14.3. The van der Waals surface area contributed by atoms with Crippen molar-refractivity contribution in [3.63, 3.8) is 0 Å². The number of sulfonamides is 1. The standard InChI is InChI=1S/C28H29N5O4S/c1-16-17(2)31-37-28(16)32-38(35,36)24-8-6-5-7-23(24)21-11-9-20(10-12-21)15-33-25(34)14-13-22-18(3)30-19(4)26(29)27(22)33/h5-12,32H,13-15,29H2,1-4H3. The number of nitrogens with one attached hydrogen (secondary N) is 1. The van der Waals surface area contributed by atoms with E-state index in [1.807, 2.05) is 38.1 Å². The van der Waals surface area contributed by atoms with E-state index in [-0.39, 0.29) is 16.7 Å². The van der Waals surface area contributed by atoms with Crippen molar-refractivity contribution in [3.05, 3.63) is 82.3 Å². The van der Waals surface area contributed by atoms with Crippen molar-refractivity contribution in [2.75, 3.05) is 15.4 Å². The average Bonchev–Trinajstić information content (AvgIpc) is 3.20. The van der Waals surface area contributed by atoms with E-state index in [1.165, 1.54) is 0 Å². The maximum Gasteiger partial charge on any atom is 0.264 e. The number of pyridine rings is 1. The topological polar surface area (TPSA) is 131 Å². The molecule has 0 saturated carbocycles. The third-order valence-corrected chi connectivity index (χ3v) is 8.42. The van der Waals surface area contributed by atoms with Gasteiger partial charge in [-0.3, -0.25) is 9.78 Å². The Morgan fingerprint density at radius 3 is 2.37 bits per heavy atom. The highest BCUT2D eigenvalue weighted by Gasteiger charge is 2.29. The molecule has 4 aromatic rings. The molecule has 3 heterocycles. The minimum Gasteiger partial charge on any atom is -0.396 e. The quantitative estimate of drug-likeness (QED) is 0.364. The van der Waals surface area contributed by atoms with Gasteiger partial charge in [-0.15, -0.1) is 0 Å². The van der Waals surface area contributed by atoms with Gasteiger partial charge in [-0.2, -0.15) is 0 Å². The molecule has 10 heteroatoms. The van der Waals surface area contributed by atoms with Gasteiger partial charge in [-0.1, -0.05) is 47.6 Å². The molecule has 0 radical (unpaired) electrons. The van der Waals surface area contributed by atoms with Crippen LogP contribution >= 0.6 is 0 Å². The second-order valence-electron chi connectivity index (χ2n) is 9.52. The molecule has 196 valence electrons. The van der Waals surface area contributed by atoms with E-state index in [1.54, 1.807) is 43.0 Å². The summed E-state index contributed by atoms with van der Waals surface area (Å²) in [4.78, 5) is 19.3. The minimum absolute atomic E-state index is 0.0127. The summed E-state index contributed by atoms with van der Waals surface area (Å²) in [6.45, 7) is 7.63. The zero-order valence-electron chi connectivity index (χ0n) is 21.7. The van der Waals surface area contributed by atoms with Crippen LogP contribution in [0.25, 0.3) is 11.1 Å². The fourth-order valence-corrected chi connectivity index (χ4v) is 6.03. The van der Waals surface area contributed by atoms with Crippen LogP contribution in [0, 0.1) is 27.7 Å². The van der Waals surface area contributed by atoms with Crippen molar-refractivity contribution < 1.29 is 17.7 Å². The zero-order chi connectivity index (χ0) is 27.2. The molecule has 0 atom stereocenters. The van der Waals surface area contributed by atoms with Gasteiger partial charge in [0.05, 0.1) is 34.2 Å². The van der Waals surface area contributed by atoms with Gasteiger partial charge in [0.15, 0.2) is 0 Å². The van der Waals surface area contributed by atoms with Crippen LogP contribution in [0.3, 0.4) is 0 Å². The maximum absolute atomic E-state index is 13.3. The molecule has 9 nitrogen and oxygen atoms in total. The summed E-state index contributed by atoms with van der Waals surface area (Å²) in [5.41, 5.74) is 13.7. The highest BCUT2D eigenvalue weighted by atomic mass is 32.2. The molecule has 38 heavy (non-hydrogen) atoms. The van der Waals surface area contributed by atoms with Crippen LogP contribution in [-0.4, -0.2) is 24.5 Å². The first-order chi connectivity index (χ1) is 18.1. The van der Waals surface area contributed by atoms with E-state index in [0.29, 0.717) is 47.6 Å². The number of carbonyl (C=O) groups excluding carboxylic acids is 1. The van der Waals surface area contributed by atoms with Crippen LogP contribution < -0.4 is 15.4 Å². The van der Waals surface area contributed by atoms with Crippen molar-refractivity contribution in [1.29, 1.82) is 0 Å². The lowest BCUT2D eigenvalue weighted by Crippen LogP contribution is -2.36. The monoisotopic (exact) mass is 531 g/mol. The van der Waals surface area contributed by atoms with Crippen LogP contribution in [0.2, 0.25) is 0 Å². The first kappa shape index (κ1) is 25.5. The van der Waals surface area contributed by atoms with Gasteiger partial charge in [0.2, 0.25) is 11.8 Å². The number of fused-ring (bicyclic) bond motifs is 1. The summed E-state index contributed by atoms with van der Waals surface area (Å²) in [5.74, 6) is 0.109. The molecule has 1 amide bonds. The molecule has 0 aliphatic carbocycles. The van der Waals surface area contributed by atoms with Gasteiger partial charge in [-0.05, 0) is 56.9 Å². The first-order valence-electron chi connectivity index (χ1n) is 12.3. The van der Waals surface area contributed by atoms with Crippen molar-refractivity contribution >= 4 is 33.2 Å². The molecule has 0 saturated heterocycles. The number of aromatic nitrogens is 2. The number of nitrogens with two attached hydrogens (primary N) is 1. The lowest BCUT2D eigenvalue weighted by atomic mass is 9.97. The number of nitrogens with zero attached hydrogens (tertiary/aromatic N) is 3. The smallest absolute Gasteiger partial charge is 0.264 e. The van der Waals surface area contributed by atoms with Gasteiger partial charge in [0, 0.05) is 23.2 Å². The first-order valence-corrected chi connectivity index (χ1v) is 13.7. The second-order valence-corrected chi connectivity index (χ2v) is 11.2. The van der Waals surface area contributed by atoms with Gasteiger partial charge in [0.1, 0.15) is 0 Å². The minimum atomic E-state index is -3.94. The molecule has 2 aromatic heterocycles. The van der Waals surface area contributed by atoms with Gasteiger partial charge >= 0.3 is 0 Å². The number of benzene rings is 2. The molecule has 3 N–H and O–H groups in total. The molecular weight excluding hydrogens is 502 g/mol. The normalized spacial score (nSPS) is 13.5. The Balaban J connectivity index is 1.45. The van der Waals surface area contributed by atoms with Crippen LogP contribution in [-0.2, 0) is 27.8 Å². The van der Waals surface area contributed by atoms with E-state index in [4.69, 9.17) is 10.3 Å². The SMILES string of the molecule is Cc1noc(NS(=O)(=O)c2ccccc2-c2ccc(CN3C(=O)CCc4c(C)nc(C)c(N)c43)cc2)c1C. The summed E-state index contributed by atoms with van der Waals surface area (Å²) in [6.07, 6.45) is 1.03. The van der Waals surface area contributed by atoms with E-state index in [0.717, 1.165) is 28.1 Å². The predicted octanol–water partition coefficient (Wildman–Crippen LogP) is 4.83. The van der Waals surface area contributed by atoms with E-state index in [9.17, 15) is 13.2 Å². The van der Waals surface area contributed by atoms with Gasteiger partial charge < -0.3 is 15.2 Å². The number of anilines is 3.